The highest BCUT2D eigenvalue weighted by molar-refractivity contribution is 6.74. The van der Waals surface area contributed by atoms with Crippen LogP contribution in [0.5, 0.6) is 17.2 Å². The molecule has 0 radical (unpaired) electrons. The molecule has 0 fully saturated rings. The van der Waals surface area contributed by atoms with Crippen LogP contribution in [0.2, 0.25) is 18.1 Å². The highest BCUT2D eigenvalue weighted by atomic mass is 28.4. The van der Waals surface area contributed by atoms with Gasteiger partial charge in [0.05, 0.1) is 27.4 Å². The lowest BCUT2D eigenvalue weighted by atomic mass is 10.1. The number of ether oxygens (including phenoxy) is 3. The van der Waals surface area contributed by atoms with Gasteiger partial charge in [0.25, 0.3) is 0 Å². The van der Waals surface area contributed by atoms with Gasteiger partial charge in [-0.15, -0.1) is 0 Å². The Morgan fingerprint density at radius 2 is 1.43 bits per heavy atom. The van der Waals surface area contributed by atoms with Crippen LogP contribution < -0.4 is 14.2 Å². The molecule has 0 saturated heterocycles. The predicted molar refractivity (Wildman–Crippen MR) is 92.7 cm³/mol. The molecular weight excluding hydrogens is 310 g/mol. The number of nitriles is 1. The number of benzene rings is 1. The summed E-state index contributed by atoms with van der Waals surface area (Å²) < 4.78 is 22.3. The summed E-state index contributed by atoms with van der Waals surface area (Å²) in [5.74, 6) is 1.65. The summed E-state index contributed by atoms with van der Waals surface area (Å²) in [5, 5.41) is 9.64. The third kappa shape index (κ3) is 4.18. The van der Waals surface area contributed by atoms with E-state index >= 15 is 0 Å². The lowest BCUT2D eigenvalue weighted by Crippen LogP contribution is -2.41. The Bertz CT molecular complexity index is 587. The molecule has 6 heteroatoms. The van der Waals surface area contributed by atoms with E-state index in [0.717, 1.165) is 0 Å². The minimum absolute atomic E-state index is 0.00585. The Morgan fingerprint density at radius 1 is 0.957 bits per heavy atom. The summed E-state index contributed by atoms with van der Waals surface area (Å²) in [5.41, 5.74) is 0.650. The van der Waals surface area contributed by atoms with Crippen molar-refractivity contribution in [3.8, 4) is 23.3 Å². The molecule has 0 N–H and O–H groups in total. The summed E-state index contributed by atoms with van der Waals surface area (Å²) >= 11 is 0. The monoisotopic (exact) mass is 337 g/mol. The van der Waals surface area contributed by atoms with Crippen LogP contribution in [0.4, 0.5) is 0 Å². The van der Waals surface area contributed by atoms with Crippen LogP contribution in [0.3, 0.4) is 0 Å². The van der Waals surface area contributed by atoms with Crippen molar-refractivity contribution in [1.82, 2.24) is 0 Å². The summed E-state index contributed by atoms with van der Waals surface area (Å²) in [7, 11) is 2.57. The molecule has 0 spiro atoms. The molecule has 1 unspecified atom stereocenters. The molecule has 1 aromatic rings. The van der Waals surface area contributed by atoms with Crippen LogP contribution >= 0.6 is 0 Å². The number of nitrogens with zero attached hydrogens (tertiary/aromatic N) is 1. The largest absolute Gasteiger partial charge is 0.496 e. The van der Waals surface area contributed by atoms with Crippen LogP contribution in [0.1, 0.15) is 32.4 Å². The van der Waals surface area contributed by atoms with Gasteiger partial charge in [0, 0.05) is 11.6 Å². The fourth-order valence-corrected chi connectivity index (χ4v) is 3.01. The van der Waals surface area contributed by atoms with Gasteiger partial charge in [-0.05, 0) is 24.2 Å². The molecule has 128 valence electrons. The third-order valence-electron chi connectivity index (χ3n) is 4.35. The van der Waals surface area contributed by atoms with Gasteiger partial charge in [0.2, 0.25) is 0 Å². The predicted octanol–water partition coefficient (Wildman–Crippen LogP) is 4.30. The normalized spacial score (nSPS) is 13.2. The zero-order valence-electron chi connectivity index (χ0n) is 15.3. The molecule has 0 heterocycles. The van der Waals surface area contributed by atoms with Gasteiger partial charge in [0.1, 0.15) is 5.75 Å². The Morgan fingerprint density at radius 3 is 1.83 bits per heavy atom. The van der Waals surface area contributed by atoms with Crippen LogP contribution in [0.25, 0.3) is 0 Å². The van der Waals surface area contributed by atoms with E-state index in [9.17, 15) is 5.26 Å². The molecule has 0 bridgehead atoms. The van der Waals surface area contributed by atoms with E-state index in [-0.39, 0.29) is 5.04 Å². The second-order valence-corrected chi connectivity index (χ2v) is 11.6. The smallest absolute Gasteiger partial charge is 0.194 e. The maximum Gasteiger partial charge on any atom is 0.194 e. The van der Waals surface area contributed by atoms with E-state index < -0.39 is 14.4 Å². The minimum atomic E-state index is -2.11. The number of rotatable bonds is 6. The Balaban J connectivity index is 3.33. The van der Waals surface area contributed by atoms with Crippen molar-refractivity contribution in [3.05, 3.63) is 17.7 Å². The minimum Gasteiger partial charge on any atom is -0.496 e. The molecule has 23 heavy (non-hydrogen) atoms. The number of methoxy groups -OCH3 is 3. The van der Waals surface area contributed by atoms with Crippen molar-refractivity contribution >= 4 is 8.32 Å². The Kier molecular flexibility index (Phi) is 6.09. The van der Waals surface area contributed by atoms with Gasteiger partial charge in [-0.25, -0.2) is 0 Å². The Labute approximate surface area is 140 Å². The summed E-state index contributed by atoms with van der Waals surface area (Å²) in [4.78, 5) is 0. The van der Waals surface area contributed by atoms with Crippen molar-refractivity contribution in [3.63, 3.8) is 0 Å². The standard InChI is InChI=1S/C17H27NO4Si/c1-17(2,3)23(7,8)22-16(11-18)12-9-14(20-5)15(21-6)10-13(12)19-4/h9-10,16H,1-8H3. The lowest BCUT2D eigenvalue weighted by molar-refractivity contribution is 0.229. The lowest BCUT2D eigenvalue weighted by Gasteiger charge is -2.37. The maximum absolute atomic E-state index is 9.64. The molecule has 1 rings (SSSR count). The molecular formula is C17H27NO4Si. The average molecular weight is 337 g/mol. The molecule has 5 nitrogen and oxygen atoms in total. The van der Waals surface area contributed by atoms with Crippen molar-refractivity contribution < 1.29 is 18.6 Å². The first-order valence-electron chi connectivity index (χ1n) is 7.48. The maximum atomic E-state index is 9.64. The fraction of sp³-hybridized carbons (Fsp3) is 0.588. The molecule has 0 saturated carbocycles. The molecule has 0 aliphatic heterocycles. The second kappa shape index (κ2) is 7.24. The average Bonchev–Trinajstić information content (AvgIpc) is 2.50. The first kappa shape index (κ1) is 19.3. The molecule has 0 aliphatic rings. The van der Waals surface area contributed by atoms with Gasteiger partial charge in [0.15, 0.2) is 25.9 Å². The SMILES string of the molecule is COc1cc(OC)c(C(C#N)O[Si](C)(C)C(C)(C)C)cc1OC. The molecule has 0 aliphatic carbocycles. The zero-order chi connectivity index (χ0) is 17.8. The van der Waals surface area contributed by atoms with Crippen molar-refractivity contribution in [2.45, 2.75) is 45.0 Å². The van der Waals surface area contributed by atoms with E-state index in [1.54, 1.807) is 33.5 Å². The summed E-state index contributed by atoms with van der Waals surface area (Å²) in [6, 6.07) is 5.71. The van der Waals surface area contributed by atoms with E-state index in [1.807, 2.05) is 0 Å². The van der Waals surface area contributed by atoms with E-state index in [1.165, 1.54) is 0 Å². The van der Waals surface area contributed by atoms with Crippen molar-refractivity contribution in [1.29, 1.82) is 5.26 Å². The van der Waals surface area contributed by atoms with Crippen LogP contribution in [0.15, 0.2) is 12.1 Å². The van der Waals surface area contributed by atoms with Crippen LogP contribution in [0, 0.1) is 11.3 Å². The molecule has 1 atom stereocenters. The second-order valence-electron chi connectivity index (χ2n) is 6.84. The van der Waals surface area contributed by atoms with Gasteiger partial charge in [-0.2, -0.15) is 5.26 Å². The zero-order valence-corrected chi connectivity index (χ0v) is 16.3. The van der Waals surface area contributed by atoms with Gasteiger partial charge in [-0.1, -0.05) is 20.8 Å². The first-order valence-corrected chi connectivity index (χ1v) is 10.4. The van der Waals surface area contributed by atoms with Gasteiger partial charge >= 0.3 is 0 Å². The van der Waals surface area contributed by atoms with Crippen LogP contribution in [-0.2, 0) is 4.43 Å². The summed E-state index contributed by atoms with van der Waals surface area (Å²) in [6.45, 7) is 10.6. The number of hydrogen-bond donors (Lipinski definition) is 0. The molecule has 0 aromatic heterocycles. The Hall–Kier alpha value is -1.71. The van der Waals surface area contributed by atoms with Crippen molar-refractivity contribution in [2.75, 3.05) is 21.3 Å². The first-order chi connectivity index (χ1) is 10.6. The fourth-order valence-electron chi connectivity index (χ4n) is 1.89. The van der Waals surface area contributed by atoms with E-state index in [0.29, 0.717) is 22.8 Å². The van der Waals surface area contributed by atoms with E-state index in [2.05, 4.69) is 39.9 Å². The van der Waals surface area contributed by atoms with Crippen LogP contribution in [-0.4, -0.2) is 29.6 Å². The molecule has 1 aromatic carbocycles. The van der Waals surface area contributed by atoms with Gasteiger partial charge < -0.3 is 18.6 Å². The number of hydrogen-bond acceptors (Lipinski definition) is 5. The molecule has 0 amide bonds. The topological polar surface area (TPSA) is 60.7 Å². The highest BCUT2D eigenvalue weighted by Crippen LogP contribution is 2.43. The third-order valence-corrected chi connectivity index (χ3v) is 8.79. The van der Waals surface area contributed by atoms with E-state index in [4.69, 9.17) is 18.6 Å². The van der Waals surface area contributed by atoms with Gasteiger partial charge in [-0.3, -0.25) is 0 Å². The van der Waals surface area contributed by atoms with Crippen molar-refractivity contribution in [2.24, 2.45) is 0 Å². The summed E-state index contributed by atoms with van der Waals surface area (Å²) in [6.07, 6.45) is -0.717. The highest BCUT2D eigenvalue weighted by Gasteiger charge is 2.40. The quantitative estimate of drug-likeness (QED) is 0.724.